The van der Waals surface area contributed by atoms with Gasteiger partial charge in [0.1, 0.15) is 0 Å². The van der Waals surface area contributed by atoms with E-state index in [1.54, 1.807) is 6.92 Å². The minimum Gasteiger partial charge on any atom is -0.479 e. The Kier molecular flexibility index (Phi) is 2.69. The molecule has 1 rings (SSSR count). The number of carbonyl (C=O) groups is 1. The summed E-state index contributed by atoms with van der Waals surface area (Å²) in [7, 11) is 0. The summed E-state index contributed by atoms with van der Waals surface area (Å²) in [5, 5.41) is 11.9. The van der Waals surface area contributed by atoms with Crippen molar-refractivity contribution in [1.82, 2.24) is 9.59 Å². The number of halogens is 1. The Morgan fingerprint density at radius 3 is 2.92 bits per heavy atom. The van der Waals surface area contributed by atoms with Crippen LogP contribution in [0.15, 0.2) is 0 Å². The lowest BCUT2D eigenvalue weighted by Crippen LogP contribution is -2.16. The van der Waals surface area contributed by atoms with Crippen LogP contribution in [0.1, 0.15) is 10.6 Å². The van der Waals surface area contributed by atoms with E-state index in [0.717, 1.165) is 11.5 Å². The van der Waals surface area contributed by atoms with Crippen LogP contribution >= 0.6 is 11.5 Å². The van der Waals surface area contributed by atoms with Crippen LogP contribution in [0.25, 0.3) is 0 Å². The number of hydrogen-bond acceptors (Lipinski definition) is 4. The molecule has 0 aliphatic heterocycles. The molecule has 0 aliphatic rings. The van der Waals surface area contributed by atoms with E-state index in [0.29, 0.717) is 10.6 Å². The van der Waals surface area contributed by atoms with E-state index in [-0.39, 0.29) is 6.42 Å². The maximum Gasteiger partial charge on any atom is 0.338 e. The zero-order valence-electron chi connectivity index (χ0n) is 6.32. The predicted octanol–water partition coefficient (Wildman–Crippen LogP) is 0.812. The van der Waals surface area contributed by atoms with Crippen molar-refractivity contribution < 1.29 is 14.3 Å². The van der Waals surface area contributed by atoms with Gasteiger partial charge >= 0.3 is 5.97 Å². The SMILES string of the molecule is Cc1nnsc1CC(F)C(=O)O. The average molecular weight is 190 g/mol. The fourth-order valence-corrected chi connectivity index (χ4v) is 1.34. The molecule has 0 radical (unpaired) electrons. The third kappa shape index (κ3) is 1.97. The van der Waals surface area contributed by atoms with Crippen LogP contribution in [0, 0.1) is 6.92 Å². The zero-order valence-corrected chi connectivity index (χ0v) is 7.14. The standard InChI is InChI=1S/C6H7FN2O2S/c1-3-5(12-9-8-3)2-4(7)6(10)11/h4H,2H2,1H3,(H,10,11). The first kappa shape index (κ1) is 9.05. The number of aliphatic carboxylic acids is 1. The normalized spacial score (nSPS) is 12.8. The van der Waals surface area contributed by atoms with Gasteiger partial charge in [-0.15, -0.1) is 5.10 Å². The number of hydrogen-bond donors (Lipinski definition) is 1. The molecule has 1 aromatic rings. The van der Waals surface area contributed by atoms with Gasteiger partial charge in [-0.05, 0) is 18.5 Å². The monoisotopic (exact) mass is 190 g/mol. The van der Waals surface area contributed by atoms with E-state index in [4.69, 9.17) is 5.11 Å². The molecule has 1 unspecified atom stereocenters. The Balaban J connectivity index is 2.64. The van der Waals surface area contributed by atoms with Crippen molar-refractivity contribution in [3.05, 3.63) is 10.6 Å². The molecule has 1 atom stereocenters. The van der Waals surface area contributed by atoms with Gasteiger partial charge in [0.2, 0.25) is 6.17 Å². The number of nitrogens with zero attached hydrogens (tertiary/aromatic N) is 2. The summed E-state index contributed by atoms with van der Waals surface area (Å²) in [6, 6.07) is 0. The molecular weight excluding hydrogens is 183 g/mol. The van der Waals surface area contributed by atoms with E-state index >= 15 is 0 Å². The van der Waals surface area contributed by atoms with Crippen LogP contribution in [-0.2, 0) is 11.2 Å². The van der Waals surface area contributed by atoms with Gasteiger partial charge in [0, 0.05) is 6.42 Å². The van der Waals surface area contributed by atoms with Gasteiger partial charge in [-0.25, -0.2) is 9.18 Å². The Morgan fingerprint density at radius 2 is 2.50 bits per heavy atom. The van der Waals surface area contributed by atoms with E-state index < -0.39 is 12.1 Å². The topological polar surface area (TPSA) is 63.1 Å². The molecule has 0 saturated heterocycles. The number of alkyl halides is 1. The summed E-state index contributed by atoms with van der Waals surface area (Å²) in [5.74, 6) is -1.44. The molecule has 6 heteroatoms. The number of carboxylic acid groups (broad SMARTS) is 1. The second kappa shape index (κ2) is 3.57. The molecule has 0 fully saturated rings. The molecule has 0 aliphatic carbocycles. The Morgan fingerprint density at radius 1 is 1.83 bits per heavy atom. The fourth-order valence-electron chi connectivity index (χ4n) is 0.688. The number of aryl methyl sites for hydroxylation is 1. The highest BCUT2D eigenvalue weighted by atomic mass is 32.1. The first-order valence-electron chi connectivity index (χ1n) is 3.26. The molecule has 1 N–H and O–H groups in total. The van der Waals surface area contributed by atoms with E-state index in [1.807, 2.05) is 0 Å². The quantitative estimate of drug-likeness (QED) is 0.766. The summed E-state index contributed by atoms with van der Waals surface area (Å²) in [6.07, 6.45) is -2.00. The number of aromatic nitrogens is 2. The molecular formula is C6H7FN2O2S. The molecule has 0 bridgehead atoms. The van der Waals surface area contributed by atoms with Crippen LogP contribution in [0.5, 0.6) is 0 Å². The number of rotatable bonds is 3. The summed E-state index contributed by atoms with van der Waals surface area (Å²) in [4.78, 5) is 10.7. The lowest BCUT2D eigenvalue weighted by molar-refractivity contribution is -0.142. The first-order valence-corrected chi connectivity index (χ1v) is 4.03. The van der Waals surface area contributed by atoms with Crippen molar-refractivity contribution in [2.45, 2.75) is 19.5 Å². The Bertz CT molecular complexity index is 289. The van der Waals surface area contributed by atoms with Crippen LogP contribution in [0.2, 0.25) is 0 Å². The van der Waals surface area contributed by atoms with Crippen LogP contribution in [0.4, 0.5) is 4.39 Å². The fraction of sp³-hybridized carbons (Fsp3) is 0.500. The van der Waals surface area contributed by atoms with E-state index in [2.05, 4.69) is 9.59 Å². The van der Waals surface area contributed by atoms with E-state index in [1.165, 1.54) is 0 Å². The second-order valence-corrected chi connectivity index (χ2v) is 3.13. The minimum absolute atomic E-state index is 0.140. The minimum atomic E-state index is -1.86. The molecule has 0 saturated carbocycles. The van der Waals surface area contributed by atoms with Crippen molar-refractivity contribution >= 4 is 17.5 Å². The lowest BCUT2D eigenvalue weighted by atomic mass is 10.2. The first-order chi connectivity index (χ1) is 5.61. The smallest absolute Gasteiger partial charge is 0.338 e. The van der Waals surface area contributed by atoms with Gasteiger partial charge in [0.15, 0.2) is 0 Å². The average Bonchev–Trinajstić information content (AvgIpc) is 2.36. The maximum atomic E-state index is 12.6. The van der Waals surface area contributed by atoms with Crippen molar-refractivity contribution in [3.63, 3.8) is 0 Å². The van der Waals surface area contributed by atoms with Crippen molar-refractivity contribution in [1.29, 1.82) is 0 Å². The summed E-state index contributed by atoms with van der Waals surface area (Å²) in [5.41, 5.74) is 0.601. The molecule has 0 aromatic carbocycles. The zero-order chi connectivity index (χ0) is 9.14. The maximum absolute atomic E-state index is 12.6. The van der Waals surface area contributed by atoms with E-state index in [9.17, 15) is 9.18 Å². The van der Waals surface area contributed by atoms with Crippen LogP contribution < -0.4 is 0 Å². The molecule has 0 amide bonds. The molecule has 1 aromatic heterocycles. The van der Waals surface area contributed by atoms with Crippen molar-refractivity contribution in [2.75, 3.05) is 0 Å². The Hall–Kier alpha value is -1.04. The molecule has 1 heterocycles. The molecule has 12 heavy (non-hydrogen) atoms. The van der Waals surface area contributed by atoms with Gasteiger partial charge < -0.3 is 5.11 Å². The Labute approximate surface area is 72.2 Å². The van der Waals surface area contributed by atoms with Gasteiger partial charge in [0.05, 0.1) is 10.6 Å². The van der Waals surface area contributed by atoms with Gasteiger partial charge in [-0.1, -0.05) is 4.49 Å². The lowest BCUT2D eigenvalue weighted by Gasteiger charge is -1.98. The molecule has 4 nitrogen and oxygen atoms in total. The van der Waals surface area contributed by atoms with Gasteiger partial charge in [-0.2, -0.15) is 0 Å². The van der Waals surface area contributed by atoms with Crippen LogP contribution in [-0.4, -0.2) is 26.8 Å². The summed E-state index contributed by atoms with van der Waals surface area (Å²) >= 11 is 1.03. The largest absolute Gasteiger partial charge is 0.479 e. The van der Waals surface area contributed by atoms with Crippen LogP contribution in [0.3, 0.4) is 0 Å². The third-order valence-electron chi connectivity index (χ3n) is 1.38. The van der Waals surface area contributed by atoms with Gasteiger partial charge in [-0.3, -0.25) is 0 Å². The second-order valence-electron chi connectivity index (χ2n) is 2.29. The highest BCUT2D eigenvalue weighted by molar-refractivity contribution is 7.05. The van der Waals surface area contributed by atoms with Crippen molar-refractivity contribution in [3.8, 4) is 0 Å². The third-order valence-corrected chi connectivity index (χ3v) is 2.22. The molecule has 66 valence electrons. The number of carboxylic acids is 1. The highest BCUT2D eigenvalue weighted by Gasteiger charge is 2.18. The summed E-state index contributed by atoms with van der Waals surface area (Å²) in [6.45, 7) is 1.67. The summed E-state index contributed by atoms with van der Waals surface area (Å²) < 4.78 is 16.2. The highest BCUT2D eigenvalue weighted by Crippen LogP contribution is 2.13. The predicted molar refractivity (Wildman–Crippen MR) is 40.9 cm³/mol. The van der Waals surface area contributed by atoms with Gasteiger partial charge in [0.25, 0.3) is 0 Å². The van der Waals surface area contributed by atoms with Crippen molar-refractivity contribution in [2.24, 2.45) is 0 Å². The molecule has 0 spiro atoms.